The number of carboxylic acids is 1. The zero-order chi connectivity index (χ0) is 28.3. The van der Waals surface area contributed by atoms with Crippen molar-refractivity contribution in [2.75, 3.05) is 0 Å². The van der Waals surface area contributed by atoms with Crippen LogP contribution < -0.4 is 10.0 Å². The maximum Gasteiger partial charge on any atom is 0.305 e. The normalized spacial score (nSPS) is 18.3. The summed E-state index contributed by atoms with van der Waals surface area (Å²) in [6.45, 7) is 0. The second kappa shape index (κ2) is 11.7. The molecule has 5 rings (SSSR count). The highest BCUT2D eigenvalue weighted by molar-refractivity contribution is 7.89. The lowest BCUT2D eigenvalue weighted by Gasteiger charge is -2.29. The number of benzene rings is 3. The van der Waals surface area contributed by atoms with Crippen LogP contribution in [0, 0.1) is 5.92 Å². The molecule has 0 spiro atoms. The molecule has 1 heterocycles. The molecule has 1 amide bonds. The van der Waals surface area contributed by atoms with Crippen LogP contribution >= 0.6 is 0 Å². The van der Waals surface area contributed by atoms with E-state index < -0.39 is 22.0 Å². The summed E-state index contributed by atoms with van der Waals surface area (Å²) < 4.78 is 31.4. The lowest BCUT2D eigenvalue weighted by Crippen LogP contribution is -2.41. The van der Waals surface area contributed by atoms with Gasteiger partial charge in [-0.05, 0) is 61.1 Å². The van der Waals surface area contributed by atoms with Crippen LogP contribution in [0.1, 0.15) is 43.7 Å². The number of carbonyl (C=O) groups is 2. The molecular formula is C31H33N3O5S. The van der Waals surface area contributed by atoms with Crippen LogP contribution in [0.15, 0.2) is 89.8 Å². The number of fused-ring (bicyclic) bond motifs is 1. The van der Waals surface area contributed by atoms with E-state index in [0.717, 1.165) is 27.7 Å². The molecule has 1 fully saturated rings. The van der Waals surface area contributed by atoms with E-state index in [0.29, 0.717) is 25.7 Å². The van der Waals surface area contributed by atoms with Crippen molar-refractivity contribution >= 4 is 32.8 Å². The predicted molar refractivity (Wildman–Crippen MR) is 154 cm³/mol. The van der Waals surface area contributed by atoms with Gasteiger partial charge in [0.25, 0.3) is 0 Å². The SMILES string of the molecule is Cn1c(-c2ccccc2)cc2cc(S(=O)(=O)NC3CCC(C(=O)NC(CC(=O)O)c4ccccc4)CC3)ccc21. The fourth-order valence-corrected chi connectivity index (χ4v) is 6.88. The number of aliphatic carboxylic acids is 1. The third kappa shape index (κ3) is 6.11. The third-order valence-electron chi connectivity index (χ3n) is 7.71. The maximum atomic E-state index is 13.3. The van der Waals surface area contributed by atoms with E-state index in [2.05, 4.69) is 14.6 Å². The van der Waals surface area contributed by atoms with Gasteiger partial charge in [0.1, 0.15) is 0 Å². The average Bonchev–Trinajstić information content (AvgIpc) is 3.29. The number of rotatable bonds is 9. The summed E-state index contributed by atoms with van der Waals surface area (Å²) in [5.74, 6) is -1.48. The van der Waals surface area contributed by atoms with Crippen molar-refractivity contribution in [3.8, 4) is 11.3 Å². The number of amides is 1. The van der Waals surface area contributed by atoms with E-state index in [1.807, 2.05) is 67.7 Å². The molecule has 40 heavy (non-hydrogen) atoms. The molecular weight excluding hydrogens is 526 g/mol. The first kappa shape index (κ1) is 27.6. The quantitative estimate of drug-likeness (QED) is 0.266. The van der Waals surface area contributed by atoms with Crippen LogP contribution in [-0.4, -0.2) is 36.0 Å². The summed E-state index contributed by atoms with van der Waals surface area (Å²) in [5, 5.41) is 13.1. The van der Waals surface area contributed by atoms with Crippen molar-refractivity contribution < 1.29 is 23.1 Å². The van der Waals surface area contributed by atoms with Gasteiger partial charge < -0.3 is 15.0 Å². The Bertz CT molecular complexity index is 1610. The zero-order valence-corrected chi connectivity index (χ0v) is 23.1. The number of nitrogens with zero attached hydrogens (tertiary/aromatic N) is 1. The molecule has 3 N–H and O–H groups in total. The molecule has 0 saturated heterocycles. The van der Waals surface area contributed by atoms with E-state index >= 15 is 0 Å². The van der Waals surface area contributed by atoms with Gasteiger partial charge in [0.15, 0.2) is 0 Å². The fraction of sp³-hybridized carbons (Fsp3) is 0.290. The van der Waals surface area contributed by atoms with Crippen LogP contribution in [-0.2, 0) is 26.7 Å². The van der Waals surface area contributed by atoms with Gasteiger partial charge in [-0.25, -0.2) is 13.1 Å². The van der Waals surface area contributed by atoms with Crippen LogP contribution in [0.25, 0.3) is 22.2 Å². The molecule has 1 aliphatic carbocycles. The number of carbonyl (C=O) groups excluding carboxylic acids is 1. The topological polar surface area (TPSA) is 118 Å². The number of carboxylic acid groups (broad SMARTS) is 1. The molecule has 1 saturated carbocycles. The minimum atomic E-state index is -3.75. The Kier molecular flexibility index (Phi) is 8.04. The average molecular weight is 560 g/mol. The van der Waals surface area contributed by atoms with Crippen molar-refractivity contribution in [3.63, 3.8) is 0 Å². The van der Waals surface area contributed by atoms with Gasteiger partial charge in [-0.3, -0.25) is 9.59 Å². The highest BCUT2D eigenvalue weighted by Gasteiger charge is 2.31. The highest BCUT2D eigenvalue weighted by atomic mass is 32.2. The van der Waals surface area contributed by atoms with Gasteiger partial charge in [-0.2, -0.15) is 0 Å². The molecule has 208 valence electrons. The van der Waals surface area contributed by atoms with Crippen molar-refractivity contribution in [1.29, 1.82) is 0 Å². The number of aryl methyl sites for hydroxylation is 1. The number of sulfonamides is 1. The van der Waals surface area contributed by atoms with Gasteiger partial charge in [-0.1, -0.05) is 60.7 Å². The first-order chi connectivity index (χ1) is 19.2. The van der Waals surface area contributed by atoms with Crippen molar-refractivity contribution in [1.82, 2.24) is 14.6 Å². The van der Waals surface area contributed by atoms with Crippen LogP contribution in [0.4, 0.5) is 0 Å². The second-order valence-corrected chi connectivity index (χ2v) is 12.1. The Morgan fingerprint density at radius 3 is 2.23 bits per heavy atom. The smallest absolute Gasteiger partial charge is 0.305 e. The van der Waals surface area contributed by atoms with E-state index in [1.54, 1.807) is 24.3 Å². The van der Waals surface area contributed by atoms with E-state index in [1.165, 1.54) is 0 Å². The van der Waals surface area contributed by atoms with E-state index in [-0.39, 0.29) is 29.2 Å². The van der Waals surface area contributed by atoms with Crippen LogP contribution in [0.5, 0.6) is 0 Å². The summed E-state index contributed by atoms with van der Waals surface area (Å²) in [4.78, 5) is 24.6. The van der Waals surface area contributed by atoms with E-state index in [9.17, 15) is 23.1 Å². The predicted octanol–water partition coefficient (Wildman–Crippen LogP) is 5.01. The van der Waals surface area contributed by atoms with Gasteiger partial charge in [0.05, 0.1) is 17.4 Å². The minimum absolute atomic E-state index is 0.194. The molecule has 0 aliphatic heterocycles. The van der Waals surface area contributed by atoms with Gasteiger partial charge in [0, 0.05) is 35.6 Å². The highest BCUT2D eigenvalue weighted by Crippen LogP contribution is 2.30. The Hall–Kier alpha value is -3.95. The second-order valence-electron chi connectivity index (χ2n) is 10.4. The third-order valence-corrected chi connectivity index (χ3v) is 9.23. The van der Waals surface area contributed by atoms with Crippen LogP contribution in [0.2, 0.25) is 0 Å². The number of nitrogens with one attached hydrogen (secondary N) is 2. The first-order valence-corrected chi connectivity index (χ1v) is 14.9. The Balaban J connectivity index is 1.22. The molecule has 1 atom stereocenters. The summed E-state index contributed by atoms with van der Waals surface area (Å²) >= 11 is 0. The van der Waals surface area contributed by atoms with Gasteiger partial charge in [-0.15, -0.1) is 0 Å². The number of hydrogen-bond acceptors (Lipinski definition) is 4. The number of hydrogen-bond donors (Lipinski definition) is 3. The number of aromatic nitrogens is 1. The summed E-state index contributed by atoms with van der Waals surface area (Å²) in [7, 11) is -1.78. The summed E-state index contributed by atoms with van der Waals surface area (Å²) in [5.41, 5.74) is 3.75. The Morgan fingerprint density at radius 2 is 1.57 bits per heavy atom. The monoisotopic (exact) mass is 559 g/mol. The van der Waals surface area contributed by atoms with Crippen LogP contribution in [0.3, 0.4) is 0 Å². The van der Waals surface area contributed by atoms with Crippen molar-refractivity contribution in [3.05, 3.63) is 90.5 Å². The molecule has 3 aromatic carbocycles. The fourth-order valence-electron chi connectivity index (χ4n) is 5.54. The lowest BCUT2D eigenvalue weighted by molar-refractivity contribution is -0.138. The Labute approximate surface area is 234 Å². The first-order valence-electron chi connectivity index (χ1n) is 13.5. The van der Waals surface area contributed by atoms with Gasteiger partial charge >= 0.3 is 5.97 Å². The molecule has 1 aliphatic rings. The summed E-state index contributed by atoms with van der Waals surface area (Å²) in [6, 6.07) is 25.3. The lowest BCUT2D eigenvalue weighted by atomic mass is 9.85. The molecule has 0 bridgehead atoms. The molecule has 0 radical (unpaired) electrons. The maximum absolute atomic E-state index is 13.3. The zero-order valence-electron chi connectivity index (χ0n) is 22.3. The van der Waals surface area contributed by atoms with Crippen molar-refractivity contribution in [2.45, 2.75) is 49.1 Å². The van der Waals surface area contributed by atoms with Crippen molar-refractivity contribution in [2.24, 2.45) is 13.0 Å². The molecule has 1 unspecified atom stereocenters. The molecule has 1 aromatic heterocycles. The molecule has 8 nitrogen and oxygen atoms in total. The van der Waals surface area contributed by atoms with Gasteiger partial charge in [0.2, 0.25) is 15.9 Å². The molecule has 9 heteroatoms. The minimum Gasteiger partial charge on any atom is -0.481 e. The standard InChI is InChI=1S/C31H33N3O5S/c1-34-28-17-16-26(18-24(28)19-29(34)22-10-6-3-7-11-22)40(38,39)33-25-14-12-23(13-15-25)31(37)32-27(20-30(35)36)21-8-4-2-5-9-21/h2-11,16-19,23,25,27,33H,12-15,20H2,1H3,(H,32,37)(H,35,36). The van der Waals surface area contributed by atoms with E-state index in [4.69, 9.17) is 0 Å². The Morgan fingerprint density at radius 1 is 0.925 bits per heavy atom. The summed E-state index contributed by atoms with van der Waals surface area (Å²) in [6.07, 6.45) is 1.89. The largest absolute Gasteiger partial charge is 0.481 e. The molecule has 4 aromatic rings.